The van der Waals surface area contributed by atoms with E-state index in [9.17, 15) is 9.59 Å². The quantitative estimate of drug-likeness (QED) is 0.455. The van der Waals surface area contributed by atoms with E-state index in [1.807, 2.05) is 0 Å². The second-order valence-electron chi connectivity index (χ2n) is 8.68. The molecule has 1 fully saturated rings. The number of piperidine rings is 1. The summed E-state index contributed by atoms with van der Waals surface area (Å²) in [6, 6.07) is 21.5. The summed E-state index contributed by atoms with van der Waals surface area (Å²) in [7, 11) is 0. The van der Waals surface area contributed by atoms with Gasteiger partial charge in [0.1, 0.15) is 0 Å². The molecule has 1 saturated heterocycles. The number of likely N-dealkylation sites (tertiary alicyclic amines) is 1. The van der Waals surface area contributed by atoms with Crippen molar-refractivity contribution in [2.45, 2.75) is 25.4 Å². The van der Waals surface area contributed by atoms with Gasteiger partial charge in [-0.05, 0) is 59.5 Å². The van der Waals surface area contributed by atoms with E-state index in [0.29, 0.717) is 11.5 Å². The molecule has 172 valence electrons. The minimum atomic E-state index is -0.997. The normalized spacial score (nSPS) is 14.8. The number of aromatic nitrogens is 2. The molecule has 34 heavy (non-hydrogen) atoms. The Balaban J connectivity index is 1.22. The Morgan fingerprint density at radius 1 is 1.00 bits per heavy atom. The van der Waals surface area contributed by atoms with Crippen LogP contribution < -0.4 is 10.9 Å². The summed E-state index contributed by atoms with van der Waals surface area (Å²) in [5.41, 5.74) is 1.85. The number of nitrogens with zero attached hydrogens (tertiary/aromatic N) is 3. The molecule has 1 aliphatic heterocycles. The molecule has 4 aromatic rings. The molecule has 5 rings (SSSR count). The zero-order valence-electron chi connectivity index (χ0n) is 18.7. The van der Waals surface area contributed by atoms with Crippen LogP contribution in [0.1, 0.15) is 28.8 Å². The predicted molar refractivity (Wildman–Crippen MR) is 133 cm³/mol. The van der Waals surface area contributed by atoms with E-state index >= 15 is 0 Å². The molecule has 3 aromatic carbocycles. The van der Waals surface area contributed by atoms with Gasteiger partial charge in [-0.1, -0.05) is 36.4 Å². The molecule has 0 saturated carbocycles. The van der Waals surface area contributed by atoms with Crippen LogP contribution in [0.5, 0.6) is 0 Å². The summed E-state index contributed by atoms with van der Waals surface area (Å²) < 4.78 is 1.48. The number of fused-ring (bicyclic) bond motifs is 1. The number of anilines is 1. The van der Waals surface area contributed by atoms with Crippen LogP contribution in [0.4, 0.5) is 5.82 Å². The third-order valence-electron chi connectivity index (χ3n) is 6.38. The molecule has 0 unspecified atom stereocenters. The molecule has 2 N–H and O–H groups in total. The Morgan fingerprint density at radius 2 is 1.74 bits per heavy atom. The van der Waals surface area contributed by atoms with Gasteiger partial charge in [-0.25, -0.2) is 9.78 Å². The molecule has 7 nitrogen and oxygen atoms in total. The predicted octanol–water partition coefficient (Wildman–Crippen LogP) is 4.16. The summed E-state index contributed by atoms with van der Waals surface area (Å²) in [6.45, 7) is 2.81. The molecule has 2 heterocycles. The van der Waals surface area contributed by atoms with E-state index in [2.05, 4.69) is 57.7 Å². The lowest BCUT2D eigenvalue weighted by Crippen LogP contribution is -2.40. The summed E-state index contributed by atoms with van der Waals surface area (Å²) in [5.74, 6) is -0.680. The number of aromatic carboxylic acids is 1. The minimum absolute atomic E-state index is 0.179. The van der Waals surface area contributed by atoms with Crippen LogP contribution in [-0.2, 0) is 6.54 Å². The smallest absolute Gasteiger partial charge is 0.335 e. The number of hydrogen-bond acceptors (Lipinski definition) is 5. The average Bonchev–Trinajstić information content (AvgIpc) is 2.86. The standard InChI is InChI=1S/C27H26N4O3/c32-26-25(28-13-16-31(26)24-9-7-21(8-10-24)27(33)34)29-23-11-14-30(15-12-23)18-19-5-6-20-3-1-2-4-22(20)17-19/h1-10,13,16-17,23H,11-12,14-15,18H2,(H,28,29)(H,33,34). The van der Waals surface area contributed by atoms with E-state index in [1.165, 1.54) is 33.0 Å². The van der Waals surface area contributed by atoms with E-state index in [-0.39, 0.29) is 17.2 Å². The van der Waals surface area contributed by atoms with Crippen LogP contribution in [-0.4, -0.2) is 44.7 Å². The Bertz CT molecular complexity index is 1370. The molecule has 0 atom stereocenters. The number of rotatable bonds is 6. The highest BCUT2D eigenvalue weighted by atomic mass is 16.4. The van der Waals surface area contributed by atoms with Gasteiger partial charge in [0.2, 0.25) is 0 Å². The van der Waals surface area contributed by atoms with Gasteiger partial charge < -0.3 is 10.4 Å². The molecule has 0 radical (unpaired) electrons. The first-order valence-corrected chi connectivity index (χ1v) is 11.4. The largest absolute Gasteiger partial charge is 0.478 e. The highest BCUT2D eigenvalue weighted by molar-refractivity contribution is 5.87. The van der Waals surface area contributed by atoms with Gasteiger partial charge in [0.25, 0.3) is 5.56 Å². The highest BCUT2D eigenvalue weighted by Crippen LogP contribution is 2.20. The maximum atomic E-state index is 13.0. The molecule has 1 aliphatic rings. The SMILES string of the molecule is O=C(O)c1ccc(-n2ccnc(NC3CCN(Cc4ccc5ccccc5c4)CC3)c2=O)cc1. The van der Waals surface area contributed by atoms with E-state index < -0.39 is 5.97 Å². The number of nitrogens with one attached hydrogen (secondary N) is 1. The van der Waals surface area contributed by atoms with Gasteiger partial charge in [-0.2, -0.15) is 0 Å². The second kappa shape index (κ2) is 9.49. The fraction of sp³-hybridized carbons (Fsp3) is 0.222. The molecular formula is C27H26N4O3. The van der Waals surface area contributed by atoms with Crippen LogP contribution in [0.15, 0.2) is 83.9 Å². The third-order valence-corrected chi connectivity index (χ3v) is 6.38. The zero-order chi connectivity index (χ0) is 23.5. The van der Waals surface area contributed by atoms with Crippen molar-refractivity contribution in [3.63, 3.8) is 0 Å². The van der Waals surface area contributed by atoms with Crippen molar-refractivity contribution < 1.29 is 9.90 Å². The lowest BCUT2D eigenvalue weighted by atomic mass is 10.0. The Hall–Kier alpha value is -3.97. The molecule has 0 spiro atoms. The molecule has 1 aromatic heterocycles. The average molecular weight is 455 g/mol. The van der Waals surface area contributed by atoms with Crippen molar-refractivity contribution in [2.75, 3.05) is 18.4 Å². The van der Waals surface area contributed by atoms with Crippen molar-refractivity contribution >= 4 is 22.6 Å². The summed E-state index contributed by atoms with van der Waals surface area (Å²) in [6.07, 6.45) is 5.03. The van der Waals surface area contributed by atoms with E-state index in [1.54, 1.807) is 24.5 Å². The fourth-order valence-electron chi connectivity index (χ4n) is 4.50. The lowest BCUT2D eigenvalue weighted by Gasteiger charge is -2.32. The van der Waals surface area contributed by atoms with Crippen LogP contribution in [0.2, 0.25) is 0 Å². The molecule has 0 aliphatic carbocycles. The Kier molecular flexibility index (Phi) is 6.10. The number of hydrogen-bond donors (Lipinski definition) is 2. The first-order chi connectivity index (χ1) is 16.6. The minimum Gasteiger partial charge on any atom is -0.478 e. The molecule has 0 amide bonds. The van der Waals surface area contributed by atoms with Crippen LogP contribution in [0.25, 0.3) is 16.5 Å². The van der Waals surface area contributed by atoms with Crippen LogP contribution >= 0.6 is 0 Å². The van der Waals surface area contributed by atoms with Gasteiger partial charge in [0, 0.05) is 43.8 Å². The number of carboxylic acids is 1. The summed E-state index contributed by atoms with van der Waals surface area (Å²) >= 11 is 0. The first kappa shape index (κ1) is 21.9. The van der Waals surface area contributed by atoms with Crippen LogP contribution in [0, 0.1) is 0 Å². The topological polar surface area (TPSA) is 87.5 Å². The highest BCUT2D eigenvalue weighted by Gasteiger charge is 2.21. The molecule has 0 bridgehead atoms. The Labute approximate surface area is 197 Å². The molecule has 7 heteroatoms. The number of benzene rings is 3. The summed E-state index contributed by atoms with van der Waals surface area (Å²) in [5, 5.41) is 14.9. The first-order valence-electron chi connectivity index (χ1n) is 11.4. The van der Waals surface area contributed by atoms with Gasteiger partial charge in [-0.3, -0.25) is 14.3 Å². The Morgan fingerprint density at radius 3 is 2.47 bits per heavy atom. The van der Waals surface area contributed by atoms with Crippen LogP contribution in [0.3, 0.4) is 0 Å². The van der Waals surface area contributed by atoms with Gasteiger partial charge in [-0.15, -0.1) is 0 Å². The fourth-order valence-corrected chi connectivity index (χ4v) is 4.50. The van der Waals surface area contributed by atoms with E-state index in [4.69, 9.17) is 5.11 Å². The van der Waals surface area contributed by atoms with E-state index in [0.717, 1.165) is 32.5 Å². The van der Waals surface area contributed by atoms with Gasteiger partial charge in [0.15, 0.2) is 5.82 Å². The maximum Gasteiger partial charge on any atom is 0.335 e. The van der Waals surface area contributed by atoms with Crippen molar-refractivity contribution in [3.05, 3.63) is 101 Å². The second-order valence-corrected chi connectivity index (χ2v) is 8.68. The van der Waals surface area contributed by atoms with Crippen molar-refractivity contribution in [1.29, 1.82) is 0 Å². The van der Waals surface area contributed by atoms with Gasteiger partial charge in [0.05, 0.1) is 5.56 Å². The van der Waals surface area contributed by atoms with Crippen molar-refractivity contribution in [1.82, 2.24) is 14.5 Å². The molecular weight excluding hydrogens is 428 g/mol. The third kappa shape index (κ3) is 4.70. The number of carbonyl (C=O) groups is 1. The van der Waals surface area contributed by atoms with Crippen molar-refractivity contribution in [3.8, 4) is 5.69 Å². The monoisotopic (exact) mass is 454 g/mol. The lowest BCUT2D eigenvalue weighted by molar-refractivity contribution is 0.0697. The summed E-state index contributed by atoms with van der Waals surface area (Å²) in [4.78, 5) is 30.8. The number of carboxylic acid groups (broad SMARTS) is 1. The zero-order valence-corrected chi connectivity index (χ0v) is 18.7. The van der Waals surface area contributed by atoms with Gasteiger partial charge >= 0.3 is 5.97 Å². The van der Waals surface area contributed by atoms with Crippen molar-refractivity contribution in [2.24, 2.45) is 0 Å². The maximum absolute atomic E-state index is 13.0.